The lowest BCUT2D eigenvalue weighted by atomic mass is 9.94. The van der Waals surface area contributed by atoms with Gasteiger partial charge in [0.05, 0.1) is 24.9 Å². The molecule has 4 aromatic rings. The maximum Gasteiger partial charge on any atom is 0.252 e. The second kappa shape index (κ2) is 10.8. The number of tetrazole rings is 1. The first-order valence-corrected chi connectivity index (χ1v) is 13.2. The van der Waals surface area contributed by atoms with Crippen LogP contribution in [0.4, 0.5) is 0 Å². The molecule has 1 aromatic carbocycles. The van der Waals surface area contributed by atoms with Crippen LogP contribution in [0.25, 0.3) is 10.9 Å². The second-order valence-corrected chi connectivity index (χ2v) is 10.3. The van der Waals surface area contributed by atoms with Gasteiger partial charge in [0.25, 0.3) is 5.56 Å². The van der Waals surface area contributed by atoms with Gasteiger partial charge in [-0.3, -0.25) is 9.69 Å². The molecule has 1 fully saturated rings. The average Bonchev–Trinajstić information content (AvgIpc) is 3.57. The normalized spacial score (nSPS) is 15.8. The van der Waals surface area contributed by atoms with E-state index in [0.29, 0.717) is 19.1 Å². The van der Waals surface area contributed by atoms with Gasteiger partial charge >= 0.3 is 0 Å². The number of aromatic amines is 1. The summed E-state index contributed by atoms with van der Waals surface area (Å²) < 4.78 is 7.79. The van der Waals surface area contributed by atoms with E-state index in [-0.39, 0.29) is 17.5 Å². The van der Waals surface area contributed by atoms with E-state index in [2.05, 4.69) is 63.0 Å². The van der Waals surface area contributed by atoms with Gasteiger partial charge in [0, 0.05) is 17.6 Å². The zero-order chi connectivity index (χ0) is 25.1. The highest BCUT2D eigenvalue weighted by atomic mass is 16.3. The molecule has 0 bridgehead atoms. The van der Waals surface area contributed by atoms with Crippen LogP contribution in [0.1, 0.15) is 87.7 Å². The lowest BCUT2D eigenvalue weighted by molar-refractivity contribution is 0.112. The molecule has 36 heavy (non-hydrogen) atoms. The van der Waals surface area contributed by atoms with Gasteiger partial charge in [-0.2, -0.15) is 0 Å². The van der Waals surface area contributed by atoms with E-state index >= 15 is 0 Å². The number of aromatic nitrogens is 5. The predicted octanol–water partition coefficient (Wildman–Crippen LogP) is 5.57. The minimum atomic E-state index is -0.0795. The molecule has 3 aromatic heterocycles. The van der Waals surface area contributed by atoms with Crippen molar-refractivity contribution in [3.8, 4) is 0 Å². The van der Waals surface area contributed by atoms with Crippen LogP contribution in [-0.2, 0) is 19.5 Å². The molecule has 3 heterocycles. The number of furan rings is 1. The Bertz CT molecular complexity index is 1330. The van der Waals surface area contributed by atoms with Crippen LogP contribution in [0.3, 0.4) is 0 Å². The van der Waals surface area contributed by atoms with Gasteiger partial charge in [0.1, 0.15) is 5.76 Å². The van der Waals surface area contributed by atoms with Crippen molar-refractivity contribution in [1.82, 2.24) is 30.1 Å². The Morgan fingerprint density at radius 3 is 2.69 bits per heavy atom. The molecule has 0 amide bonds. The molecule has 8 nitrogen and oxygen atoms in total. The first kappa shape index (κ1) is 24.4. The molecule has 5 rings (SSSR count). The van der Waals surface area contributed by atoms with E-state index in [0.717, 1.165) is 47.3 Å². The number of rotatable bonds is 9. The fourth-order valence-corrected chi connectivity index (χ4v) is 5.58. The Kier molecular flexibility index (Phi) is 7.32. The van der Waals surface area contributed by atoms with E-state index in [4.69, 9.17) is 4.42 Å². The molecule has 1 aliphatic carbocycles. The molecule has 0 spiro atoms. The molecule has 0 radical (unpaired) electrons. The van der Waals surface area contributed by atoms with Crippen LogP contribution in [0.5, 0.6) is 0 Å². The molecular weight excluding hydrogens is 452 g/mol. The topological polar surface area (TPSA) is 92.8 Å². The Balaban J connectivity index is 1.54. The Morgan fingerprint density at radius 2 is 1.97 bits per heavy atom. The number of pyridine rings is 1. The first-order valence-electron chi connectivity index (χ1n) is 13.2. The number of hydrogen-bond donors (Lipinski definition) is 1. The van der Waals surface area contributed by atoms with Gasteiger partial charge in [0.15, 0.2) is 5.82 Å². The Hall–Kier alpha value is -3.26. The average molecular weight is 489 g/mol. The standard InChI is InChI=1S/C28H36N6O2/c1-4-20-12-13-25-21(15-20)16-22(28(35)29-25)17-33(18-24-11-8-14-36-24)26(19(2)3)27-30-31-32-34(27)23-9-6-5-7-10-23/h8,11-16,19,23,26H,4-7,9-10,17-18H2,1-3H3,(H,29,35). The van der Waals surface area contributed by atoms with Crippen LogP contribution in [0.15, 0.2) is 51.9 Å². The van der Waals surface area contributed by atoms with Gasteiger partial charge in [-0.25, -0.2) is 4.68 Å². The third kappa shape index (κ3) is 5.14. The second-order valence-electron chi connectivity index (χ2n) is 10.3. The maximum atomic E-state index is 13.2. The summed E-state index contributed by atoms with van der Waals surface area (Å²) in [6.07, 6.45) is 8.54. The van der Waals surface area contributed by atoms with Gasteiger partial charge < -0.3 is 9.40 Å². The third-order valence-corrected chi connectivity index (χ3v) is 7.43. The molecule has 1 atom stereocenters. The monoisotopic (exact) mass is 488 g/mol. The summed E-state index contributed by atoms with van der Waals surface area (Å²) in [4.78, 5) is 18.5. The van der Waals surface area contributed by atoms with Gasteiger partial charge in [-0.1, -0.05) is 46.1 Å². The van der Waals surface area contributed by atoms with Crippen molar-refractivity contribution >= 4 is 10.9 Å². The van der Waals surface area contributed by atoms with E-state index in [1.165, 1.54) is 24.8 Å². The van der Waals surface area contributed by atoms with Crippen LogP contribution >= 0.6 is 0 Å². The number of nitrogens with zero attached hydrogens (tertiary/aromatic N) is 5. The number of hydrogen-bond acceptors (Lipinski definition) is 6. The van der Waals surface area contributed by atoms with Crippen molar-refractivity contribution in [1.29, 1.82) is 0 Å². The summed E-state index contributed by atoms with van der Waals surface area (Å²) in [7, 11) is 0. The largest absolute Gasteiger partial charge is 0.468 e. The van der Waals surface area contributed by atoms with E-state index < -0.39 is 0 Å². The SMILES string of the molecule is CCc1ccc2[nH]c(=O)c(CN(Cc3ccco3)C(c3nnnn3C3CCCCC3)C(C)C)cc2c1. The molecule has 0 aliphatic heterocycles. The van der Waals surface area contributed by atoms with Crippen molar-refractivity contribution in [3.63, 3.8) is 0 Å². The molecule has 1 saturated carbocycles. The smallest absolute Gasteiger partial charge is 0.252 e. The van der Waals surface area contributed by atoms with E-state index in [1.807, 2.05) is 24.3 Å². The van der Waals surface area contributed by atoms with Crippen molar-refractivity contribution in [3.05, 3.63) is 75.7 Å². The number of nitrogens with one attached hydrogen (secondary N) is 1. The minimum Gasteiger partial charge on any atom is -0.468 e. The highest BCUT2D eigenvalue weighted by Crippen LogP contribution is 2.34. The highest BCUT2D eigenvalue weighted by molar-refractivity contribution is 5.79. The molecule has 8 heteroatoms. The zero-order valence-corrected chi connectivity index (χ0v) is 21.5. The third-order valence-electron chi connectivity index (χ3n) is 7.43. The molecule has 1 aliphatic rings. The van der Waals surface area contributed by atoms with Crippen molar-refractivity contribution in [2.24, 2.45) is 5.92 Å². The van der Waals surface area contributed by atoms with Crippen LogP contribution < -0.4 is 5.56 Å². The number of H-pyrrole nitrogens is 1. The van der Waals surface area contributed by atoms with Crippen LogP contribution in [0.2, 0.25) is 0 Å². The number of fused-ring (bicyclic) bond motifs is 1. The summed E-state index contributed by atoms with van der Waals surface area (Å²) in [5.41, 5.74) is 2.77. The Morgan fingerprint density at radius 1 is 1.14 bits per heavy atom. The molecule has 0 saturated heterocycles. The quantitative estimate of drug-likeness (QED) is 0.331. The fourth-order valence-electron chi connectivity index (χ4n) is 5.58. The molecular formula is C28H36N6O2. The van der Waals surface area contributed by atoms with Crippen molar-refractivity contribution in [2.75, 3.05) is 0 Å². The highest BCUT2D eigenvalue weighted by Gasteiger charge is 2.32. The van der Waals surface area contributed by atoms with Crippen LogP contribution in [-0.4, -0.2) is 30.1 Å². The molecule has 1 unspecified atom stereocenters. The van der Waals surface area contributed by atoms with Crippen molar-refractivity contribution < 1.29 is 4.42 Å². The zero-order valence-electron chi connectivity index (χ0n) is 21.5. The lowest BCUT2D eigenvalue weighted by Crippen LogP contribution is -2.36. The number of benzene rings is 1. The lowest BCUT2D eigenvalue weighted by Gasteiger charge is -2.34. The van der Waals surface area contributed by atoms with Crippen molar-refractivity contribution in [2.45, 2.75) is 84.5 Å². The van der Waals surface area contributed by atoms with Gasteiger partial charge in [-0.15, -0.1) is 5.10 Å². The van der Waals surface area contributed by atoms with Crippen LogP contribution in [0, 0.1) is 5.92 Å². The van der Waals surface area contributed by atoms with E-state index in [9.17, 15) is 4.79 Å². The summed E-state index contributed by atoms with van der Waals surface area (Å²) in [6, 6.07) is 12.4. The summed E-state index contributed by atoms with van der Waals surface area (Å²) in [6.45, 7) is 7.54. The Labute approximate surface area is 211 Å². The first-order chi connectivity index (χ1) is 17.5. The minimum absolute atomic E-state index is 0.0643. The maximum absolute atomic E-state index is 13.2. The summed E-state index contributed by atoms with van der Waals surface area (Å²) >= 11 is 0. The van der Waals surface area contributed by atoms with E-state index in [1.54, 1.807) is 6.26 Å². The molecule has 1 N–H and O–H groups in total. The number of aryl methyl sites for hydroxylation is 1. The van der Waals surface area contributed by atoms with Gasteiger partial charge in [0.2, 0.25) is 0 Å². The van der Waals surface area contributed by atoms with Gasteiger partial charge in [-0.05, 0) is 76.9 Å². The fraction of sp³-hybridized carbons (Fsp3) is 0.500. The molecule has 190 valence electrons. The predicted molar refractivity (Wildman–Crippen MR) is 139 cm³/mol. The summed E-state index contributed by atoms with van der Waals surface area (Å²) in [5, 5.41) is 14.1. The summed E-state index contributed by atoms with van der Waals surface area (Å²) in [5.74, 6) is 1.94.